The van der Waals surface area contributed by atoms with Crippen molar-refractivity contribution in [1.29, 1.82) is 0 Å². The molecule has 0 aliphatic rings. The van der Waals surface area contributed by atoms with E-state index in [-0.39, 0.29) is 18.5 Å². The van der Waals surface area contributed by atoms with Gasteiger partial charge in [-0.05, 0) is 50.2 Å². The van der Waals surface area contributed by atoms with Crippen LogP contribution in [0.15, 0.2) is 48.5 Å². The van der Waals surface area contributed by atoms with Crippen LogP contribution in [0.4, 0.5) is 5.69 Å². The summed E-state index contributed by atoms with van der Waals surface area (Å²) < 4.78 is 10.3. The second-order valence-electron chi connectivity index (χ2n) is 4.95. The maximum absolute atomic E-state index is 11.8. The van der Waals surface area contributed by atoms with Crippen LogP contribution in [0.25, 0.3) is 0 Å². The molecule has 0 aliphatic carbocycles. The predicted octanol–water partition coefficient (Wildman–Crippen LogP) is 3.19. The van der Waals surface area contributed by atoms with Crippen molar-refractivity contribution in [3.8, 4) is 5.75 Å². The fraction of sp³-hybridized carbons (Fsp3) is 0.222. The summed E-state index contributed by atoms with van der Waals surface area (Å²) >= 11 is 0. The molecule has 0 aliphatic heterocycles. The van der Waals surface area contributed by atoms with E-state index in [1.807, 2.05) is 31.2 Å². The third kappa shape index (κ3) is 5.14. The summed E-state index contributed by atoms with van der Waals surface area (Å²) in [6.07, 6.45) is 0. The zero-order chi connectivity index (χ0) is 16.7. The van der Waals surface area contributed by atoms with E-state index in [9.17, 15) is 9.59 Å². The highest BCUT2D eigenvalue weighted by molar-refractivity contribution is 5.93. The Balaban J connectivity index is 1.85. The molecule has 0 saturated carbocycles. The van der Waals surface area contributed by atoms with Gasteiger partial charge in [-0.3, -0.25) is 4.79 Å². The second kappa shape index (κ2) is 7.98. The highest BCUT2D eigenvalue weighted by Crippen LogP contribution is 2.13. The van der Waals surface area contributed by atoms with E-state index in [1.54, 1.807) is 31.2 Å². The normalized spacial score (nSPS) is 10.0. The topological polar surface area (TPSA) is 64.6 Å². The lowest BCUT2D eigenvalue weighted by Gasteiger charge is -2.08. The molecular formula is C18H19NO4. The molecule has 2 aromatic carbocycles. The van der Waals surface area contributed by atoms with Crippen molar-refractivity contribution in [1.82, 2.24) is 0 Å². The number of benzene rings is 2. The molecule has 0 atom stereocenters. The maximum atomic E-state index is 11.8. The molecule has 5 nitrogen and oxygen atoms in total. The van der Waals surface area contributed by atoms with Crippen molar-refractivity contribution in [2.75, 3.05) is 18.5 Å². The zero-order valence-corrected chi connectivity index (χ0v) is 13.2. The number of anilines is 1. The van der Waals surface area contributed by atoms with Crippen molar-refractivity contribution in [3.05, 3.63) is 59.7 Å². The smallest absolute Gasteiger partial charge is 0.338 e. The fourth-order valence-corrected chi connectivity index (χ4v) is 1.88. The lowest BCUT2D eigenvalue weighted by atomic mass is 10.2. The van der Waals surface area contributed by atoms with Crippen molar-refractivity contribution in [2.24, 2.45) is 0 Å². The minimum absolute atomic E-state index is 0.0807. The molecule has 0 unspecified atom stereocenters. The first-order valence-corrected chi connectivity index (χ1v) is 7.35. The Morgan fingerprint density at radius 3 is 2.26 bits per heavy atom. The van der Waals surface area contributed by atoms with Crippen LogP contribution in [0.2, 0.25) is 0 Å². The fourth-order valence-electron chi connectivity index (χ4n) is 1.88. The standard InChI is InChI=1S/C18H19NO4/c1-3-22-18(21)14-6-8-15(9-7-14)19-17(20)12-23-16-10-4-13(2)5-11-16/h4-11H,3,12H2,1-2H3,(H,19,20). The lowest BCUT2D eigenvalue weighted by Crippen LogP contribution is -2.20. The Kier molecular flexibility index (Phi) is 5.74. The minimum atomic E-state index is -0.381. The highest BCUT2D eigenvalue weighted by atomic mass is 16.5. The van der Waals surface area contributed by atoms with Crippen LogP contribution in [0.5, 0.6) is 5.75 Å². The maximum Gasteiger partial charge on any atom is 0.338 e. The molecule has 5 heteroatoms. The van der Waals surface area contributed by atoms with Crippen LogP contribution in [-0.4, -0.2) is 25.1 Å². The Morgan fingerprint density at radius 2 is 1.65 bits per heavy atom. The minimum Gasteiger partial charge on any atom is -0.484 e. The predicted molar refractivity (Wildman–Crippen MR) is 87.7 cm³/mol. The third-order valence-electron chi connectivity index (χ3n) is 3.07. The lowest BCUT2D eigenvalue weighted by molar-refractivity contribution is -0.118. The number of esters is 1. The molecule has 0 spiro atoms. The molecule has 0 saturated heterocycles. The zero-order valence-electron chi connectivity index (χ0n) is 13.2. The number of carbonyl (C=O) groups is 2. The largest absolute Gasteiger partial charge is 0.484 e. The first-order chi connectivity index (χ1) is 11.1. The van der Waals surface area contributed by atoms with Gasteiger partial charge in [-0.1, -0.05) is 17.7 Å². The summed E-state index contributed by atoms with van der Waals surface area (Å²) in [5.41, 5.74) is 2.17. The van der Waals surface area contributed by atoms with E-state index in [1.165, 1.54) is 0 Å². The van der Waals surface area contributed by atoms with E-state index >= 15 is 0 Å². The summed E-state index contributed by atoms with van der Waals surface area (Å²) in [5.74, 6) is -0.00838. The van der Waals surface area contributed by atoms with Gasteiger partial charge in [0.05, 0.1) is 12.2 Å². The Bertz CT molecular complexity index is 662. The molecule has 2 rings (SSSR count). The number of hydrogen-bond donors (Lipinski definition) is 1. The Hall–Kier alpha value is -2.82. The first-order valence-electron chi connectivity index (χ1n) is 7.35. The van der Waals surface area contributed by atoms with Crippen LogP contribution >= 0.6 is 0 Å². The van der Waals surface area contributed by atoms with Gasteiger partial charge in [0, 0.05) is 5.69 Å². The molecule has 2 aromatic rings. The van der Waals surface area contributed by atoms with E-state index < -0.39 is 0 Å². The van der Waals surface area contributed by atoms with Gasteiger partial charge in [0.1, 0.15) is 5.75 Å². The molecule has 0 radical (unpaired) electrons. The Labute approximate surface area is 135 Å². The van der Waals surface area contributed by atoms with Gasteiger partial charge in [0.25, 0.3) is 5.91 Å². The number of ether oxygens (including phenoxy) is 2. The van der Waals surface area contributed by atoms with Gasteiger partial charge < -0.3 is 14.8 Å². The molecule has 1 N–H and O–H groups in total. The highest BCUT2D eigenvalue weighted by Gasteiger charge is 2.07. The number of amides is 1. The van der Waals surface area contributed by atoms with Crippen molar-refractivity contribution in [3.63, 3.8) is 0 Å². The van der Waals surface area contributed by atoms with Crippen LogP contribution in [0.1, 0.15) is 22.8 Å². The van der Waals surface area contributed by atoms with Crippen molar-refractivity contribution >= 4 is 17.6 Å². The van der Waals surface area contributed by atoms with Crippen LogP contribution in [0.3, 0.4) is 0 Å². The molecule has 0 heterocycles. The number of aryl methyl sites for hydroxylation is 1. The number of hydrogen-bond acceptors (Lipinski definition) is 4. The first kappa shape index (κ1) is 16.5. The van der Waals surface area contributed by atoms with E-state index in [4.69, 9.17) is 9.47 Å². The third-order valence-corrected chi connectivity index (χ3v) is 3.07. The number of rotatable bonds is 6. The quantitative estimate of drug-likeness (QED) is 0.832. The monoisotopic (exact) mass is 313 g/mol. The van der Waals surface area contributed by atoms with E-state index in [0.717, 1.165) is 5.56 Å². The molecule has 23 heavy (non-hydrogen) atoms. The summed E-state index contributed by atoms with van der Waals surface area (Å²) in [4.78, 5) is 23.4. The van der Waals surface area contributed by atoms with E-state index in [2.05, 4.69) is 5.32 Å². The van der Waals surface area contributed by atoms with Gasteiger partial charge in [-0.25, -0.2) is 4.79 Å². The van der Waals surface area contributed by atoms with Crippen LogP contribution in [-0.2, 0) is 9.53 Å². The van der Waals surface area contributed by atoms with Gasteiger partial charge >= 0.3 is 5.97 Å². The van der Waals surface area contributed by atoms with Gasteiger partial charge in [-0.15, -0.1) is 0 Å². The van der Waals surface area contributed by atoms with E-state index in [0.29, 0.717) is 23.6 Å². The second-order valence-corrected chi connectivity index (χ2v) is 4.95. The van der Waals surface area contributed by atoms with Gasteiger partial charge in [-0.2, -0.15) is 0 Å². The summed E-state index contributed by atoms with van der Waals surface area (Å²) in [6.45, 7) is 3.98. The molecule has 0 aromatic heterocycles. The average Bonchev–Trinajstić information content (AvgIpc) is 2.55. The van der Waals surface area contributed by atoms with Crippen molar-refractivity contribution in [2.45, 2.75) is 13.8 Å². The summed E-state index contributed by atoms with van der Waals surface area (Å²) in [7, 11) is 0. The number of nitrogens with one attached hydrogen (secondary N) is 1. The van der Waals surface area contributed by atoms with Gasteiger partial charge in [0.15, 0.2) is 6.61 Å². The molecule has 0 fully saturated rings. The molecular weight excluding hydrogens is 294 g/mol. The average molecular weight is 313 g/mol. The van der Waals surface area contributed by atoms with Crippen LogP contribution < -0.4 is 10.1 Å². The number of carbonyl (C=O) groups excluding carboxylic acids is 2. The van der Waals surface area contributed by atoms with Crippen LogP contribution in [0, 0.1) is 6.92 Å². The molecule has 1 amide bonds. The molecule has 0 bridgehead atoms. The summed E-state index contributed by atoms with van der Waals surface area (Å²) in [6, 6.07) is 14.0. The van der Waals surface area contributed by atoms with Crippen molar-refractivity contribution < 1.29 is 19.1 Å². The molecule has 120 valence electrons. The Morgan fingerprint density at radius 1 is 1.00 bits per heavy atom. The SMILES string of the molecule is CCOC(=O)c1ccc(NC(=O)COc2ccc(C)cc2)cc1. The summed E-state index contributed by atoms with van der Waals surface area (Å²) in [5, 5.41) is 2.71. The van der Waals surface area contributed by atoms with Gasteiger partial charge in [0.2, 0.25) is 0 Å².